The van der Waals surface area contributed by atoms with Crippen molar-refractivity contribution in [3.8, 4) is 0 Å². The minimum Gasteiger partial charge on any atom is -0.459 e. The van der Waals surface area contributed by atoms with Crippen LogP contribution in [0.1, 0.15) is 72.4 Å². The van der Waals surface area contributed by atoms with E-state index in [1.165, 1.54) is 0 Å². The summed E-state index contributed by atoms with van der Waals surface area (Å²) in [6.45, 7) is 13.1. The molecule has 1 atom stereocenters. The maximum atomic E-state index is 12.6. The van der Waals surface area contributed by atoms with Crippen molar-refractivity contribution < 1.29 is 19.1 Å². The van der Waals surface area contributed by atoms with Gasteiger partial charge in [-0.1, -0.05) is 24.3 Å². The van der Waals surface area contributed by atoms with Crippen LogP contribution < -0.4 is 5.32 Å². The van der Waals surface area contributed by atoms with Crippen LogP contribution in [0.5, 0.6) is 0 Å². The Morgan fingerprint density at radius 1 is 1.00 bits per heavy atom. The smallest absolute Gasteiger partial charge is 0.407 e. The Hall–Kier alpha value is -2.04. The van der Waals surface area contributed by atoms with Gasteiger partial charge in [-0.25, -0.2) is 4.79 Å². The summed E-state index contributed by atoms with van der Waals surface area (Å²) >= 11 is 0. The average molecular weight is 376 g/mol. The van der Waals surface area contributed by atoms with E-state index >= 15 is 0 Å². The number of hydrogen-bond acceptors (Lipinski definition) is 4. The number of rotatable bonds is 5. The summed E-state index contributed by atoms with van der Waals surface area (Å²) in [5.41, 5.74) is 0.642. The van der Waals surface area contributed by atoms with E-state index in [2.05, 4.69) is 5.32 Å². The van der Waals surface area contributed by atoms with Crippen molar-refractivity contribution in [2.24, 2.45) is 0 Å². The normalized spacial score (nSPS) is 17.0. The van der Waals surface area contributed by atoms with Gasteiger partial charge < -0.3 is 14.8 Å². The van der Waals surface area contributed by atoms with Gasteiger partial charge in [-0.3, -0.25) is 4.79 Å². The monoisotopic (exact) mass is 375 g/mol. The molecule has 0 bridgehead atoms. The molecule has 0 spiro atoms. The number of hydrogen-bond donors (Lipinski definition) is 1. The lowest BCUT2D eigenvalue weighted by atomic mass is 9.93. The molecular formula is C22H33NO4. The lowest BCUT2D eigenvalue weighted by Gasteiger charge is -2.24. The lowest BCUT2D eigenvalue weighted by molar-refractivity contribution is -0.158. The maximum absolute atomic E-state index is 12.6. The number of carbonyl (C=O) groups excluding carboxylic acids is 2. The van der Waals surface area contributed by atoms with E-state index in [0.717, 1.165) is 24.0 Å². The summed E-state index contributed by atoms with van der Waals surface area (Å²) in [5, 5.41) is 2.85. The van der Waals surface area contributed by atoms with E-state index in [-0.39, 0.29) is 12.0 Å². The van der Waals surface area contributed by atoms with Gasteiger partial charge in [0.25, 0.3) is 0 Å². The van der Waals surface area contributed by atoms with Crippen LogP contribution >= 0.6 is 0 Å². The van der Waals surface area contributed by atoms with Crippen molar-refractivity contribution in [3.63, 3.8) is 0 Å². The van der Waals surface area contributed by atoms with Crippen molar-refractivity contribution >= 4 is 12.1 Å². The zero-order chi connectivity index (χ0) is 20.5. The van der Waals surface area contributed by atoms with Crippen LogP contribution in [0.25, 0.3) is 0 Å². The molecule has 1 N–H and O–H groups in total. The van der Waals surface area contributed by atoms with Gasteiger partial charge in [0.05, 0.1) is 5.41 Å². The van der Waals surface area contributed by atoms with E-state index in [9.17, 15) is 9.59 Å². The number of benzene rings is 1. The molecule has 27 heavy (non-hydrogen) atoms. The fourth-order valence-electron chi connectivity index (χ4n) is 2.98. The third-order valence-electron chi connectivity index (χ3n) is 4.35. The van der Waals surface area contributed by atoms with Crippen LogP contribution in [0.15, 0.2) is 24.3 Å². The van der Waals surface area contributed by atoms with Gasteiger partial charge in [-0.05, 0) is 78.9 Å². The standard InChI is InChI=1S/C22H33NO4/c1-15(23-19(25)27-21(5,6)7)14-16-8-10-17(11-9-16)22(12-13-22)18(24)26-20(2,3)4/h8-11,15H,12-14H2,1-7H3,(H,23,25). The van der Waals surface area contributed by atoms with E-state index in [4.69, 9.17) is 9.47 Å². The molecule has 1 aromatic carbocycles. The first kappa shape index (κ1) is 21.3. The number of nitrogens with one attached hydrogen (secondary N) is 1. The zero-order valence-corrected chi connectivity index (χ0v) is 17.6. The molecule has 0 aliphatic heterocycles. The second-order valence-corrected chi connectivity index (χ2v) is 9.53. The largest absolute Gasteiger partial charge is 0.459 e. The highest BCUT2D eigenvalue weighted by Gasteiger charge is 2.53. The molecule has 1 aromatic rings. The SMILES string of the molecule is CC(Cc1ccc(C2(C(=O)OC(C)(C)C)CC2)cc1)NC(=O)OC(C)(C)C. The van der Waals surface area contributed by atoms with Gasteiger partial charge in [0.2, 0.25) is 0 Å². The summed E-state index contributed by atoms with van der Waals surface area (Å²) in [6.07, 6.45) is 1.95. The molecule has 0 saturated heterocycles. The van der Waals surface area contributed by atoms with E-state index < -0.39 is 22.7 Å². The molecule has 1 aliphatic carbocycles. The summed E-state index contributed by atoms with van der Waals surface area (Å²) < 4.78 is 10.9. The molecule has 1 unspecified atom stereocenters. The second-order valence-electron chi connectivity index (χ2n) is 9.53. The first-order valence-corrected chi connectivity index (χ1v) is 9.63. The molecule has 0 heterocycles. The quantitative estimate of drug-likeness (QED) is 0.769. The van der Waals surface area contributed by atoms with Crippen LogP contribution in [-0.4, -0.2) is 29.3 Å². The van der Waals surface area contributed by atoms with Gasteiger partial charge in [-0.2, -0.15) is 0 Å². The maximum Gasteiger partial charge on any atom is 0.407 e. The Morgan fingerprint density at radius 2 is 1.52 bits per heavy atom. The predicted octanol–water partition coefficient (Wildman–Crippen LogP) is 4.52. The minimum atomic E-state index is -0.508. The molecular weight excluding hydrogens is 342 g/mol. The van der Waals surface area contributed by atoms with E-state index in [0.29, 0.717) is 6.42 Å². The summed E-state index contributed by atoms with van der Waals surface area (Å²) in [4.78, 5) is 24.4. The second kappa shape index (κ2) is 7.53. The number of alkyl carbamates (subject to hydrolysis) is 1. The van der Waals surface area contributed by atoms with Gasteiger partial charge in [-0.15, -0.1) is 0 Å². The highest BCUT2D eigenvalue weighted by atomic mass is 16.6. The molecule has 1 aliphatic rings. The van der Waals surface area contributed by atoms with Crippen molar-refractivity contribution in [3.05, 3.63) is 35.4 Å². The molecule has 5 nitrogen and oxygen atoms in total. The summed E-state index contributed by atoms with van der Waals surface area (Å²) in [5.74, 6) is -0.136. The number of esters is 1. The highest BCUT2D eigenvalue weighted by molar-refractivity contribution is 5.87. The Kier molecular flexibility index (Phi) is 5.93. The van der Waals surface area contributed by atoms with Crippen LogP contribution in [0, 0.1) is 0 Å². The number of ether oxygens (including phenoxy) is 2. The molecule has 2 rings (SSSR count). The Bertz CT molecular complexity index is 676. The molecule has 1 saturated carbocycles. The Balaban J connectivity index is 1.95. The number of carbonyl (C=O) groups is 2. The van der Waals surface area contributed by atoms with E-state index in [1.54, 1.807) is 0 Å². The lowest BCUT2D eigenvalue weighted by Crippen LogP contribution is -2.38. The third kappa shape index (κ3) is 6.26. The van der Waals surface area contributed by atoms with Crippen LogP contribution in [0.2, 0.25) is 0 Å². The number of amides is 1. The van der Waals surface area contributed by atoms with Crippen LogP contribution in [-0.2, 0) is 26.1 Å². The van der Waals surface area contributed by atoms with Crippen LogP contribution in [0.4, 0.5) is 4.79 Å². The fourth-order valence-corrected chi connectivity index (χ4v) is 2.98. The first-order valence-electron chi connectivity index (χ1n) is 9.63. The van der Waals surface area contributed by atoms with Crippen molar-refractivity contribution in [2.75, 3.05) is 0 Å². The van der Waals surface area contributed by atoms with E-state index in [1.807, 2.05) is 72.7 Å². The minimum absolute atomic E-state index is 0.0496. The molecule has 5 heteroatoms. The van der Waals surface area contributed by atoms with Gasteiger partial charge in [0.15, 0.2) is 0 Å². The van der Waals surface area contributed by atoms with Gasteiger partial charge >= 0.3 is 12.1 Å². The van der Waals surface area contributed by atoms with Crippen LogP contribution in [0.3, 0.4) is 0 Å². The zero-order valence-electron chi connectivity index (χ0n) is 17.6. The fraction of sp³-hybridized carbons (Fsp3) is 0.636. The molecule has 1 amide bonds. The van der Waals surface area contributed by atoms with Crippen molar-refractivity contribution in [1.82, 2.24) is 5.32 Å². The Labute approximate surface area is 162 Å². The summed E-state index contributed by atoms with van der Waals surface area (Å²) in [6, 6.07) is 8.00. The molecule has 0 aromatic heterocycles. The first-order chi connectivity index (χ1) is 12.3. The van der Waals surface area contributed by atoms with Gasteiger partial charge in [0.1, 0.15) is 11.2 Å². The topological polar surface area (TPSA) is 64.6 Å². The molecule has 150 valence electrons. The summed E-state index contributed by atoms with van der Waals surface area (Å²) in [7, 11) is 0. The average Bonchev–Trinajstić information content (AvgIpc) is 3.25. The van der Waals surface area contributed by atoms with Crippen molar-refractivity contribution in [1.29, 1.82) is 0 Å². The third-order valence-corrected chi connectivity index (χ3v) is 4.35. The van der Waals surface area contributed by atoms with Crippen molar-refractivity contribution in [2.45, 2.75) is 90.4 Å². The highest BCUT2D eigenvalue weighted by Crippen LogP contribution is 2.49. The van der Waals surface area contributed by atoms with Gasteiger partial charge in [0, 0.05) is 6.04 Å². The molecule has 1 fully saturated rings. The molecule has 0 radical (unpaired) electrons. The Morgan fingerprint density at radius 3 is 1.96 bits per heavy atom. The predicted molar refractivity (Wildman–Crippen MR) is 106 cm³/mol.